The fourth-order valence-electron chi connectivity index (χ4n) is 3.48. The van der Waals surface area contributed by atoms with Gasteiger partial charge in [-0.25, -0.2) is 0 Å². The molecule has 0 aromatic rings. The lowest BCUT2D eigenvalue weighted by Crippen LogP contribution is -2.47. The summed E-state index contributed by atoms with van der Waals surface area (Å²) in [5.41, 5.74) is 0. The highest BCUT2D eigenvalue weighted by Gasteiger charge is 2.40. The molecule has 2 aliphatic rings. The minimum atomic E-state index is 0.0518. The molecule has 0 bridgehead atoms. The summed E-state index contributed by atoms with van der Waals surface area (Å²) in [5, 5.41) is 3.51. The highest BCUT2D eigenvalue weighted by Crippen LogP contribution is 2.21. The zero-order valence-corrected chi connectivity index (χ0v) is 12.7. The first-order valence-corrected chi connectivity index (χ1v) is 7.98. The SMILES string of the molecule is CCCC1NC(CC)N(C(C)CN2CCCC2)C1=O. The van der Waals surface area contributed by atoms with E-state index in [1.54, 1.807) is 0 Å². The van der Waals surface area contributed by atoms with Crippen LogP contribution in [0.3, 0.4) is 0 Å². The zero-order valence-electron chi connectivity index (χ0n) is 12.7. The molecule has 4 heteroatoms. The number of hydrogen-bond donors (Lipinski definition) is 1. The first-order chi connectivity index (χ1) is 9.17. The first-order valence-electron chi connectivity index (χ1n) is 7.98. The van der Waals surface area contributed by atoms with Crippen molar-refractivity contribution in [3.63, 3.8) is 0 Å². The predicted molar refractivity (Wildman–Crippen MR) is 77.9 cm³/mol. The van der Waals surface area contributed by atoms with Crippen molar-refractivity contribution in [3.05, 3.63) is 0 Å². The van der Waals surface area contributed by atoms with Gasteiger partial charge in [-0.1, -0.05) is 20.3 Å². The summed E-state index contributed by atoms with van der Waals surface area (Å²) in [5.74, 6) is 0.320. The molecular formula is C15H29N3O. The van der Waals surface area contributed by atoms with Crippen LogP contribution in [-0.4, -0.2) is 53.6 Å². The molecule has 2 rings (SSSR count). The Bertz CT molecular complexity index is 302. The average molecular weight is 267 g/mol. The maximum Gasteiger partial charge on any atom is 0.241 e. The molecule has 19 heavy (non-hydrogen) atoms. The van der Waals surface area contributed by atoms with Gasteiger partial charge in [0.2, 0.25) is 5.91 Å². The van der Waals surface area contributed by atoms with Gasteiger partial charge in [0, 0.05) is 12.6 Å². The highest BCUT2D eigenvalue weighted by atomic mass is 16.2. The van der Waals surface area contributed by atoms with E-state index >= 15 is 0 Å². The Morgan fingerprint density at radius 3 is 2.58 bits per heavy atom. The van der Waals surface area contributed by atoms with E-state index in [-0.39, 0.29) is 12.2 Å². The van der Waals surface area contributed by atoms with E-state index in [0.717, 1.165) is 25.8 Å². The number of rotatable bonds is 6. The third kappa shape index (κ3) is 3.29. The van der Waals surface area contributed by atoms with Crippen molar-refractivity contribution in [2.24, 2.45) is 0 Å². The number of nitrogens with zero attached hydrogens (tertiary/aromatic N) is 2. The Kier molecular flexibility index (Phi) is 5.22. The summed E-state index contributed by atoms with van der Waals surface area (Å²) in [7, 11) is 0. The molecule has 2 aliphatic heterocycles. The van der Waals surface area contributed by atoms with E-state index in [1.807, 2.05) is 0 Å². The summed E-state index contributed by atoms with van der Waals surface area (Å²) in [6, 6.07) is 0.376. The van der Waals surface area contributed by atoms with Crippen LogP contribution in [0.5, 0.6) is 0 Å². The van der Waals surface area contributed by atoms with E-state index in [9.17, 15) is 4.79 Å². The highest BCUT2D eigenvalue weighted by molar-refractivity contribution is 5.84. The summed E-state index contributed by atoms with van der Waals surface area (Å²) in [6.45, 7) is 9.95. The van der Waals surface area contributed by atoms with Crippen molar-refractivity contribution >= 4 is 5.91 Å². The minimum Gasteiger partial charge on any atom is -0.322 e. The van der Waals surface area contributed by atoms with Gasteiger partial charge in [0.05, 0.1) is 12.2 Å². The van der Waals surface area contributed by atoms with Gasteiger partial charge in [-0.3, -0.25) is 10.1 Å². The van der Waals surface area contributed by atoms with E-state index < -0.39 is 0 Å². The third-order valence-corrected chi connectivity index (χ3v) is 4.44. The van der Waals surface area contributed by atoms with Crippen molar-refractivity contribution in [2.75, 3.05) is 19.6 Å². The smallest absolute Gasteiger partial charge is 0.241 e. The van der Waals surface area contributed by atoms with Gasteiger partial charge in [-0.2, -0.15) is 0 Å². The Balaban J connectivity index is 1.96. The summed E-state index contributed by atoms with van der Waals surface area (Å²) in [6.07, 6.45) is 5.89. The normalized spacial score (nSPS) is 30.3. The van der Waals surface area contributed by atoms with E-state index in [0.29, 0.717) is 11.9 Å². The molecule has 0 spiro atoms. The quantitative estimate of drug-likeness (QED) is 0.797. The lowest BCUT2D eigenvalue weighted by Gasteiger charge is -2.32. The van der Waals surface area contributed by atoms with Gasteiger partial charge < -0.3 is 9.80 Å². The molecule has 4 nitrogen and oxygen atoms in total. The minimum absolute atomic E-state index is 0.0518. The van der Waals surface area contributed by atoms with Gasteiger partial charge >= 0.3 is 0 Å². The van der Waals surface area contributed by atoms with Crippen LogP contribution in [0.1, 0.15) is 52.9 Å². The second-order valence-corrected chi connectivity index (χ2v) is 6.03. The van der Waals surface area contributed by atoms with Gasteiger partial charge in [-0.15, -0.1) is 0 Å². The van der Waals surface area contributed by atoms with Crippen LogP contribution in [0.2, 0.25) is 0 Å². The van der Waals surface area contributed by atoms with E-state index in [4.69, 9.17) is 0 Å². The Morgan fingerprint density at radius 1 is 1.32 bits per heavy atom. The lowest BCUT2D eigenvalue weighted by atomic mass is 10.1. The Morgan fingerprint density at radius 2 is 2.00 bits per heavy atom. The van der Waals surface area contributed by atoms with Crippen LogP contribution < -0.4 is 5.32 Å². The molecule has 3 atom stereocenters. The molecule has 3 unspecified atom stereocenters. The molecule has 0 aromatic heterocycles. The number of hydrogen-bond acceptors (Lipinski definition) is 3. The number of nitrogens with one attached hydrogen (secondary N) is 1. The topological polar surface area (TPSA) is 35.6 Å². The maximum atomic E-state index is 12.5. The van der Waals surface area contributed by atoms with Crippen LogP contribution in [0.4, 0.5) is 0 Å². The van der Waals surface area contributed by atoms with Crippen molar-refractivity contribution in [1.82, 2.24) is 15.1 Å². The molecule has 2 heterocycles. The molecule has 0 aliphatic carbocycles. The summed E-state index contributed by atoms with van der Waals surface area (Å²) < 4.78 is 0. The molecule has 0 aromatic carbocycles. The number of likely N-dealkylation sites (tertiary alicyclic amines) is 1. The molecule has 0 saturated carbocycles. The van der Waals surface area contributed by atoms with Crippen LogP contribution in [0.15, 0.2) is 0 Å². The maximum absolute atomic E-state index is 12.5. The number of amides is 1. The Labute approximate surface area is 117 Å². The Hall–Kier alpha value is -0.610. The number of carbonyl (C=O) groups is 1. The van der Waals surface area contributed by atoms with Crippen molar-refractivity contribution in [1.29, 1.82) is 0 Å². The molecule has 1 N–H and O–H groups in total. The van der Waals surface area contributed by atoms with Crippen LogP contribution in [0.25, 0.3) is 0 Å². The fraction of sp³-hybridized carbons (Fsp3) is 0.933. The molecule has 1 amide bonds. The van der Waals surface area contributed by atoms with Gasteiger partial charge in [0.15, 0.2) is 0 Å². The molecule has 2 saturated heterocycles. The zero-order chi connectivity index (χ0) is 13.8. The van der Waals surface area contributed by atoms with Crippen LogP contribution >= 0.6 is 0 Å². The fourth-order valence-corrected chi connectivity index (χ4v) is 3.48. The van der Waals surface area contributed by atoms with Crippen LogP contribution in [0, 0.1) is 0 Å². The average Bonchev–Trinajstić information content (AvgIpc) is 2.99. The molecular weight excluding hydrogens is 238 g/mol. The predicted octanol–water partition coefficient (Wildman–Crippen LogP) is 1.81. The molecule has 110 valence electrons. The number of carbonyl (C=O) groups excluding carboxylic acids is 1. The second kappa shape index (κ2) is 6.71. The standard InChI is InChI=1S/C15H29N3O/c1-4-8-13-15(19)18(14(5-2)16-13)12(3)11-17-9-6-7-10-17/h12-14,16H,4-11H2,1-3H3. The van der Waals surface area contributed by atoms with Crippen molar-refractivity contribution in [3.8, 4) is 0 Å². The second-order valence-electron chi connectivity index (χ2n) is 6.03. The largest absolute Gasteiger partial charge is 0.322 e. The molecule has 0 radical (unpaired) electrons. The molecule has 2 fully saturated rings. The van der Waals surface area contributed by atoms with Crippen molar-refractivity contribution in [2.45, 2.75) is 71.1 Å². The summed E-state index contributed by atoms with van der Waals surface area (Å²) in [4.78, 5) is 17.1. The monoisotopic (exact) mass is 267 g/mol. The van der Waals surface area contributed by atoms with Crippen LogP contribution in [-0.2, 0) is 4.79 Å². The van der Waals surface area contributed by atoms with Crippen molar-refractivity contribution < 1.29 is 4.79 Å². The van der Waals surface area contributed by atoms with Gasteiger partial charge in [-0.05, 0) is 45.7 Å². The summed E-state index contributed by atoms with van der Waals surface area (Å²) >= 11 is 0. The van der Waals surface area contributed by atoms with E-state index in [2.05, 4.69) is 35.9 Å². The lowest BCUT2D eigenvalue weighted by molar-refractivity contribution is -0.132. The van der Waals surface area contributed by atoms with E-state index in [1.165, 1.54) is 25.9 Å². The van der Waals surface area contributed by atoms with Gasteiger partial charge in [0.25, 0.3) is 0 Å². The third-order valence-electron chi connectivity index (χ3n) is 4.44. The first kappa shape index (κ1) is 14.8. The van der Waals surface area contributed by atoms with Gasteiger partial charge in [0.1, 0.15) is 0 Å².